The predicted molar refractivity (Wildman–Crippen MR) is 112 cm³/mol. The molecule has 3 aromatic rings. The molecule has 28 heavy (non-hydrogen) atoms. The molecule has 6 heteroatoms. The van der Waals surface area contributed by atoms with Gasteiger partial charge in [0.05, 0.1) is 5.69 Å². The first-order valence-corrected chi connectivity index (χ1v) is 9.53. The average Bonchev–Trinajstić information content (AvgIpc) is 2.66. The minimum atomic E-state index is -0.170. The summed E-state index contributed by atoms with van der Waals surface area (Å²) in [7, 11) is 0. The molecular weight excluding hydrogens is 352 g/mol. The summed E-state index contributed by atoms with van der Waals surface area (Å²) in [6.07, 6.45) is 0.358. The quantitative estimate of drug-likeness (QED) is 0.587. The van der Waals surface area contributed by atoms with E-state index in [1.165, 1.54) is 6.07 Å². The van der Waals surface area contributed by atoms with Gasteiger partial charge in [0.2, 0.25) is 11.5 Å². The van der Waals surface area contributed by atoms with Crippen LogP contribution in [0, 0.1) is 0 Å². The molecule has 1 atom stereocenters. The van der Waals surface area contributed by atoms with Gasteiger partial charge in [-0.2, -0.15) is 0 Å². The van der Waals surface area contributed by atoms with Crippen molar-refractivity contribution in [3.05, 3.63) is 70.1 Å². The number of nitrogens with zero attached hydrogens (tertiary/aromatic N) is 1. The lowest BCUT2D eigenvalue weighted by Gasteiger charge is -2.16. The third-order valence-corrected chi connectivity index (χ3v) is 4.62. The van der Waals surface area contributed by atoms with Gasteiger partial charge < -0.3 is 15.6 Å². The molecule has 0 spiro atoms. The van der Waals surface area contributed by atoms with Crippen molar-refractivity contribution in [3.63, 3.8) is 0 Å². The van der Waals surface area contributed by atoms with Gasteiger partial charge in [0.1, 0.15) is 5.65 Å². The van der Waals surface area contributed by atoms with E-state index in [2.05, 4.69) is 34.4 Å². The van der Waals surface area contributed by atoms with Crippen LogP contribution >= 0.6 is 0 Å². The van der Waals surface area contributed by atoms with Gasteiger partial charge in [-0.1, -0.05) is 32.0 Å². The second-order valence-electron chi connectivity index (χ2n) is 7.34. The molecule has 0 aliphatic heterocycles. The molecule has 6 nitrogen and oxygen atoms in total. The van der Waals surface area contributed by atoms with Crippen molar-refractivity contribution < 1.29 is 4.79 Å². The number of nitrogens with one attached hydrogen (secondary N) is 3. The van der Waals surface area contributed by atoms with Gasteiger partial charge >= 0.3 is 0 Å². The summed E-state index contributed by atoms with van der Waals surface area (Å²) in [6, 6.07) is 15.0. The molecule has 3 rings (SSSR count). The standard InChI is InChI=1S/C22H26N4O2/c1-14(2)18-6-4-5-7-19(18)25-21(28)12-15(3)23-13-17-10-8-16-9-11-20(27)26-22(16)24-17/h4-11,14-15,23H,12-13H2,1-3H3,(H,25,28)(H,24,26,27). The second-order valence-corrected chi connectivity index (χ2v) is 7.34. The number of anilines is 1. The molecule has 0 saturated heterocycles. The van der Waals surface area contributed by atoms with Crippen molar-refractivity contribution in [2.24, 2.45) is 0 Å². The Bertz CT molecular complexity index is 1030. The highest BCUT2D eigenvalue weighted by molar-refractivity contribution is 5.92. The van der Waals surface area contributed by atoms with Crippen LogP contribution in [0.5, 0.6) is 0 Å². The molecule has 0 radical (unpaired) electrons. The molecule has 1 aromatic carbocycles. The number of H-pyrrole nitrogens is 1. The average molecular weight is 378 g/mol. The molecule has 1 unspecified atom stereocenters. The number of hydrogen-bond acceptors (Lipinski definition) is 4. The Morgan fingerprint density at radius 1 is 1.07 bits per heavy atom. The summed E-state index contributed by atoms with van der Waals surface area (Å²) in [6.45, 7) is 6.71. The molecular formula is C22H26N4O2. The Hall–Kier alpha value is -2.99. The SMILES string of the molecule is CC(CC(=O)Nc1ccccc1C(C)C)NCc1ccc2ccc(=O)[nH]c2n1. The molecule has 2 heterocycles. The number of amides is 1. The fourth-order valence-corrected chi connectivity index (χ4v) is 3.11. The molecule has 3 N–H and O–H groups in total. The molecule has 0 fully saturated rings. The lowest BCUT2D eigenvalue weighted by Crippen LogP contribution is -2.30. The first-order valence-electron chi connectivity index (χ1n) is 9.53. The third kappa shape index (κ3) is 5.04. The second kappa shape index (κ2) is 8.80. The number of carbonyl (C=O) groups is 1. The summed E-state index contributed by atoms with van der Waals surface area (Å²) in [5.41, 5.74) is 3.21. The minimum Gasteiger partial charge on any atom is -0.326 e. The largest absolute Gasteiger partial charge is 0.326 e. The van der Waals surface area contributed by atoms with E-state index in [-0.39, 0.29) is 17.5 Å². The molecule has 0 aliphatic carbocycles. The van der Waals surface area contributed by atoms with Gasteiger partial charge in [0.25, 0.3) is 0 Å². The fourth-order valence-electron chi connectivity index (χ4n) is 3.11. The maximum absolute atomic E-state index is 12.4. The van der Waals surface area contributed by atoms with E-state index in [0.717, 1.165) is 22.3 Å². The lowest BCUT2D eigenvalue weighted by atomic mass is 10.0. The Balaban J connectivity index is 1.56. The van der Waals surface area contributed by atoms with Crippen LogP contribution in [-0.2, 0) is 11.3 Å². The molecule has 146 valence electrons. The van der Waals surface area contributed by atoms with Crippen molar-refractivity contribution in [2.75, 3.05) is 5.32 Å². The summed E-state index contributed by atoms with van der Waals surface area (Å²) >= 11 is 0. The summed E-state index contributed by atoms with van der Waals surface area (Å²) in [5.74, 6) is 0.321. The lowest BCUT2D eigenvalue weighted by molar-refractivity contribution is -0.116. The predicted octanol–water partition coefficient (Wildman–Crippen LogP) is 3.55. The van der Waals surface area contributed by atoms with Crippen LogP contribution in [0.4, 0.5) is 5.69 Å². The fraction of sp³-hybridized carbons (Fsp3) is 0.318. The van der Waals surface area contributed by atoms with Crippen LogP contribution in [0.15, 0.2) is 53.3 Å². The van der Waals surface area contributed by atoms with Crippen molar-refractivity contribution >= 4 is 22.6 Å². The number of fused-ring (bicyclic) bond motifs is 1. The summed E-state index contributed by atoms with van der Waals surface area (Å²) < 4.78 is 0. The Kier molecular flexibility index (Phi) is 6.21. The highest BCUT2D eigenvalue weighted by atomic mass is 16.1. The van der Waals surface area contributed by atoms with Crippen LogP contribution in [0.25, 0.3) is 11.0 Å². The number of carbonyl (C=O) groups excluding carboxylic acids is 1. The zero-order chi connectivity index (χ0) is 20.1. The Morgan fingerprint density at radius 3 is 2.61 bits per heavy atom. The normalized spacial score (nSPS) is 12.3. The van der Waals surface area contributed by atoms with Crippen molar-refractivity contribution in [3.8, 4) is 0 Å². The molecule has 2 aromatic heterocycles. The zero-order valence-electron chi connectivity index (χ0n) is 16.5. The maximum Gasteiger partial charge on any atom is 0.249 e. The van der Waals surface area contributed by atoms with Crippen molar-refractivity contribution in [1.29, 1.82) is 0 Å². The Labute approximate surface area is 164 Å². The summed E-state index contributed by atoms with van der Waals surface area (Å²) in [4.78, 5) is 31.1. The topological polar surface area (TPSA) is 86.9 Å². The van der Waals surface area contributed by atoms with Crippen molar-refractivity contribution in [2.45, 2.75) is 45.7 Å². The number of benzene rings is 1. The van der Waals surface area contributed by atoms with Gasteiger partial charge in [-0.05, 0) is 42.7 Å². The van der Waals surface area contributed by atoms with E-state index >= 15 is 0 Å². The minimum absolute atomic E-state index is 0.0152. The maximum atomic E-state index is 12.4. The molecule has 0 aliphatic rings. The monoisotopic (exact) mass is 378 g/mol. The first kappa shape index (κ1) is 19.8. The van der Waals surface area contributed by atoms with Gasteiger partial charge in [-0.15, -0.1) is 0 Å². The molecule has 0 saturated carbocycles. The van der Waals surface area contributed by atoms with Crippen LogP contribution < -0.4 is 16.2 Å². The highest BCUT2D eigenvalue weighted by Crippen LogP contribution is 2.23. The number of aromatic nitrogens is 2. The van der Waals surface area contributed by atoms with Gasteiger partial charge in [-0.3, -0.25) is 9.59 Å². The zero-order valence-corrected chi connectivity index (χ0v) is 16.5. The van der Waals surface area contributed by atoms with E-state index < -0.39 is 0 Å². The smallest absolute Gasteiger partial charge is 0.249 e. The van der Waals surface area contributed by atoms with Gasteiger partial charge in [0.15, 0.2) is 0 Å². The number of hydrogen-bond donors (Lipinski definition) is 3. The van der Waals surface area contributed by atoms with E-state index in [1.807, 2.05) is 43.3 Å². The number of para-hydroxylation sites is 1. The highest BCUT2D eigenvalue weighted by Gasteiger charge is 2.12. The number of aromatic amines is 1. The van der Waals surface area contributed by atoms with Crippen LogP contribution in [0.3, 0.4) is 0 Å². The number of pyridine rings is 2. The van der Waals surface area contributed by atoms with E-state index in [9.17, 15) is 9.59 Å². The van der Waals surface area contributed by atoms with Gasteiger partial charge in [0, 0.05) is 36.1 Å². The van der Waals surface area contributed by atoms with Crippen molar-refractivity contribution in [1.82, 2.24) is 15.3 Å². The Morgan fingerprint density at radius 2 is 1.82 bits per heavy atom. The van der Waals surface area contributed by atoms with Crippen LogP contribution in [-0.4, -0.2) is 21.9 Å². The van der Waals surface area contributed by atoms with Crippen LogP contribution in [0.1, 0.15) is 44.4 Å². The number of rotatable bonds is 7. The first-order chi connectivity index (χ1) is 13.4. The molecule has 1 amide bonds. The van der Waals surface area contributed by atoms with E-state index in [0.29, 0.717) is 24.5 Å². The van der Waals surface area contributed by atoms with Gasteiger partial charge in [-0.25, -0.2) is 4.98 Å². The van der Waals surface area contributed by atoms with E-state index in [4.69, 9.17) is 0 Å². The molecule has 0 bridgehead atoms. The summed E-state index contributed by atoms with van der Waals surface area (Å²) in [5, 5.41) is 7.22. The third-order valence-electron chi connectivity index (χ3n) is 4.62. The van der Waals surface area contributed by atoms with E-state index in [1.54, 1.807) is 6.07 Å². The van der Waals surface area contributed by atoms with Crippen LogP contribution in [0.2, 0.25) is 0 Å².